The van der Waals surface area contributed by atoms with E-state index >= 15 is 0 Å². The molecule has 5 aromatic rings. The minimum atomic E-state index is -4.06. The zero-order valence-electron chi connectivity index (χ0n) is 19.7. The van der Waals surface area contributed by atoms with Crippen molar-refractivity contribution in [1.29, 1.82) is 0 Å². The molecule has 2 heterocycles. The molecule has 5 rings (SSSR count). The van der Waals surface area contributed by atoms with Crippen LogP contribution >= 0.6 is 15.9 Å². The van der Waals surface area contributed by atoms with Crippen molar-refractivity contribution in [1.82, 2.24) is 9.38 Å². The Labute approximate surface area is 222 Å². The van der Waals surface area contributed by atoms with Crippen LogP contribution in [-0.4, -0.2) is 36.9 Å². The Morgan fingerprint density at radius 3 is 2.54 bits per heavy atom. The number of benzene rings is 3. The zero-order valence-corrected chi connectivity index (χ0v) is 22.1. The number of nitrogens with zero attached hydrogens (tertiary/aromatic N) is 2. The average Bonchev–Trinajstić information content (AvgIpc) is 3.25. The van der Waals surface area contributed by atoms with Crippen molar-refractivity contribution in [2.24, 2.45) is 0 Å². The molecule has 0 aliphatic rings. The Balaban J connectivity index is 1.46. The number of pyridine rings is 1. The van der Waals surface area contributed by atoms with Gasteiger partial charge in [-0.2, -0.15) is 8.42 Å². The molecule has 0 saturated heterocycles. The first-order valence-corrected chi connectivity index (χ1v) is 13.7. The molecule has 3 aromatic carbocycles. The molecule has 0 unspecified atom stereocenters. The maximum Gasteiger partial charge on any atom is 0.339 e. The molecule has 0 atom stereocenters. The first-order valence-electron chi connectivity index (χ1n) is 11.5. The molecule has 188 valence electrons. The van der Waals surface area contributed by atoms with Gasteiger partial charge < -0.3 is 14.2 Å². The quantitative estimate of drug-likeness (QED) is 0.187. The van der Waals surface area contributed by atoms with Crippen molar-refractivity contribution in [2.75, 3.05) is 18.5 Å². The number of carbonyl (C=O) groups excluding carboxylic acids is 1. The van der Waals surface area contributed by atoms with Gasteiger partial charge in [0, 0.05) is 21.6 Å². The van der Waals surface area contributed by atoms with Crippen LogP contribution in [0.1, 0.15) is 6.92 Å². The zero-order chi connectivity index (χ0) is 26.0. The second kappa shape index (κ2) is 10.2. The molecule has 0 aliphatic carbocycles. The molecule has 0 saturated carbocycles. The van der Waals surface area contributed by atoms with E-state index in [2.05, 4.69) is 21.2 Å². The standard InChI is InChI=1S/C27H22BrN3O5S/c1-2-35-25(32)16-29-27-26(30-24-15-12-20(28)17-31(24)27)19-10-13-21(14-11-19)36-37(33,34)23-9-5-7-18-6-3-4-8-22(18)23/h3-15,17,29H,2,16H2,1H3. The van der Waals surface area contributed by atoms with E-state index in [0.717, 1.165) is 9.86 Å². The van der Waals surface area contributed by atoms with Gasteiger partial charge in [-0.1, -0.05) is 36.4 Å². The third-order valence-corrected chi connectivity index (χ3v) is 7.42. The van der Waals surface area contributed by atoms with E-state index in [9.17, 15) is 13.2 Å². The maximum absolute atomic E-state index is 13.1. The molecule has 0 fully saturated rings. The number of hydrogen-bond acceptors (Lipinski definition) is 7. The monoisotopic (exact) mass is 579 g/mol. The second-order valence-corrected chi connectivity index (χ2v) is 10.5. The molecule has 0 amide bonds. The number of carbonyl (C=O) groups is 1. The number of halogens is 1. The molecule has 0 radical (unpaired) electrons. The van der Waals surface area contributed by atoms with Gasteiger partial charge in [0.2, 0.25) is 0 Å². The Bertz CT molecular complexity index is 1710. The van der Waals surface area contributed by atoms with Gasteiger partial charge in [0.15, 0.2) is 0 Å². The fraction of sp³-hybridized carbons (Fsp3) is 0.111. The lowest BCUT2D eigenvalue weighted by atomic mass is 10.1. The van der Waals surface area contributed by atoms with Crippen LogP contribution in [0.5, 0.6) is 5.75 Å². The van der Waals surface area contributed by atoms with E-state index in [-0.39, 0.29) is 29.8 Å². The summed E-state index contributed by atoms with van der Waals surface area (Å²) >= 11 is 3.47. The molecule has 1 N–H and O–H groups in total. The molecular formula is C27H22BrN3O5S. The summed E-state index contributed by atoms with van der Waals surface area (Å²) in [5.41, 5.74) is 1.97. The molecule has 8 nitrogen and oxygen atoms in total. The molecule has 10 heteroatoms. The number of rotatable bonds is 8. The Hall–Kier alpha value is -3.89. The number of esters is 1. The Kier molecular flexibility index (Phi) is 6.86. The van der Waals surface area contributed by atoms with Crippen molar-refractivity contribution in [2.45, 2.75) is 11.8 Å². The largest absolute Gasteiger partial charge is 0.465 e. The van der Waals surface area contributed by atoms with E-state index in [1.54, 1.807) is 49.4 Å². The summed E-state index contributed by atoms with van der Waals surface area (Å²) in [6.07, 6.45) is 1.84. The van der Waals surface area contributed by atoms with Gasteiger partial charge in [0.25, 0.3) is 0 Å². The summed E-state index contributed by atoms with van der Waals surface area (Å²) in [6.45, 7) is 2.00. The van der Waals surface area contributed by atoms with E-state index in [4.69, 9.17) is 13.9 Å². The number of hydrogen-bond donors (Lipinski definition) is 1. The predicted octanol–water partition coefficient (Wildman–Crippen LogP) is 5.66. The summed E-state index contributed by atoms with van der Waals surface area (Å²) in [7, 11) is -4.06. The number of anilines is 1. The number of ether oxygens (including phenoxy) is 1. The van der Waals surface area contributed by atoms with Crippen molar-refractivity contribution in [3.8, 4) is 17.0 Å². The van der Waals surface area contributed by atoms with Crippen molar-refractivity contribution in [3.05, 3.63) is 89.5 Å². The van der Waals surface area contributed by atoms with Gasteiger partial charge in [0.1, 0.15) is 34.3 Å². The third-order valence-electron chi connectivity index (χ3n) is 5.64. The van der Waals surface area contributed by atoms with E-state index in [1.165, 1.54) is 6.07 Å². The summed E-state index contributed by atoms with van der Waals surface area (Å²) in [5, 5.41) is 4.52. The SMILES string of the molecule is CCOC(=O)CNc1c(-c2ccc(OS(=O)(=O)c3cccc4ccccc34)cc2)nc2ccc(Br)cn12. The highest BCUT2D eigenvalue weighted by atomic mass is 79.9. The average molecular weight is 580 g/mol. The van der Waals surface area contributed by atoms with Crippen LogP contribution in [0.2, 0.25) is 0 Å². The molecule has 2 aromatic heterocycles. The molecule has 0 bridgehead atoms. The normalized spacial score (nSPS) is 11.5. The van der Waals surface area contributed by atoms with E-state index < -0.39 is 10.1 Å². The fourth-order valence-electron chi connectivity index (χ4n) is 4.01. The highest BCUT2D eigenvalue weighted by molar-refractivity contribution is 9.10. The fourth-order valence-corrected chi connectivity index (χ4v) is 5.50. The summed E-state index contributed by atoms with van der Waals surface area (Å²) in [5.74, 6) is 0.381. The number of fused-ring (bicyclic) bond motifs is 2. The highest BCUT2D eigenvalue weighted by Crippen LogP contribution is 2.32. The molecule has 37 heavy (non-hydrogen) atoms. The lowest BCUT2D eigenvalue weighted by Crippen LogP contribution is -2.17. The highest BCUT2D eigenvalue weighted by Gasteiger charge is 2.21. The topological polar surface area (TPSA) is 99.0 Å². The summed E-state index contributed by atoms with van der Waals surface area (Å²) in [4.78, 5) is 16.8. The van der Waals surface area contributed by atoms with Crippen LogP contribution in [0.3, 0.4) is 0 Å². The third kappa shape index (κ3) is 5.16. The van der Waals surface area contributed by atoms with Gasteiger partial charge in [-0.3, -0.25) is 9.20 Å². The first-order chi connectivity index (χ1) is 17.9. The van der Waals surface area contributed by atoms with Crippen LogP contribution in [0.15, 0.2) is 94.4 Å². The molecule has 0 spiro atoms. The van der Waals surface area contributed by atoms with Crippen LogP contribution in [0, 0.1) is 0 Å². The smallest absolute Gasteiger partial charge is 0.339 e. The van der Waals surface area contributed by atoms with Gasteiger partial charge >= 0.3 is 16.1 Å². The molecular weight excluding hydrogens is 558 g/mol. The van der Waals surface area contributed by atoms with Crippen LogP contribution in [0.4, 0.5) is 5.82 Å². The minimum absolute atomic E-state index is 0.0361. The van der Waals surface area contributed by atoms with Gasteiger partial charge in [-0.15, -0.1) is 0 Å². The lowest BCUT2D eigenvalue weighted by molar-refractivity contribution is -0.140. The number of nitrogens with one attached hydrogen (secondary N) is 1. The number of imidazole rings is 1. The van der Waals surface area contributed by atoms with Gasteiger partial charge in [-0.05, 0) is 70.7 Å². The minimum Gasteiger partial charge on any atom is -0.465 e. The van der Waals surface area contributed by atoms with E-state index in [1.807, 2.05) is 40.9 Å². The van der Waals surface area contributed by atoms with E-state index in [0.29, 0.717) is 28.1 Å². The van der Waals surface area contributed by atoms with Gasteiger partial charge in [-0.25, -0.2) is 4.98 Å². The van der Waals surface area contributed by atoms with Crippen molar-refractivity contribution in [3.63, 3.8) is 0 Å². The summed E-state index contributed by atoms with van der Waals surface area (Å²) in [6, 6.07) is 22.6. The van der Waals surface area contributed by atoms with Crippen LogP contribution in [0.25, 0.3) is 27.7 Å². The maximum atomic E-state index is 13.1. The Morgan fingerprint density at radius 2 is 1.76 bits per heavy atom. The van der Waals surface area contributed by atoms with Crippen molar-refractivity contribution >= 4 is 54.3 Å². The Morgan fingerprint density at radius 1 is 1.00 bits per heavy atom. The summed E-state index contributed by atoms with van der Waals surface area (Å²) < 4.78 is 39.3. The van der Waals surface area contributed by atoms with Crippen LogP contribution < -0.4 is 9.50 Å². The molecule has 0 aliphatic heterocycles. The first kappa shape index (κ1) is 24.8. The lowest BCUT2D eigenvalue weighted by Gasteiger charge is -2.11. The second-order valence-electron chi connectivity index (χ2n) is 8.08. The number of aromatic nitrogens is 2. The predicted molar refractivity (Wildman–Crippen MR) is 145 cm³/mol. The van der Waals surface area contributed by atoms with Crippen LogP contribution in [-0.2, 0) is 19.6 Å². The van der Waals surface area contributed by atoms with Gasteiger partial charge in [0.05, 0.1) is 6.61 Å². The van der Waals surface area contributed by atoms with Crippen molar-refractivity contribution < 1.29 is 22.1 Å².